The molecule has 0 aliphatic heterocycles. The molecule has 4 heteroatoms. The van der Waals surface area contributed by atoms with Gasteiger partial charge in [0.15, 0.2) is 0 Å². The molecule has 2 aromatic heterocycles. The lowest BCUT2D eigenvalue weighted by Crippen LogP contribution is -2.22. The molecule has 86 valence electrons. The third-order valence-electron chi connectivity index (χ3n) is 2.95. The molecule has 0 saturated heterocycles. The summed E-state index contributed by atoms with van der Waals surface area (Å²) in [6.07, 6.45) is 2.78. The zero-order valence-corrected chi connectivity index (χ0v) is 10.8. The van der Waals surface area contributed by atoms with E-state index in [0.717, 1.165) is 29.0 Å². The van der Waals surface area contributed by atoms with E-state index in [2.05, 4.69) is 47.5 Å². The molecule has 16 heavy (non-hydrogen) atoms. The summed E-state index contributed by atoms with van der Waals surface area (Å²) in [5, 5.41) is 6.60. The standard InChI is InChI=1S/C12H17N3S/c1-4-12(2,3)7-13-10-9-5-6-16-11(9)15-8-14-10/h5-6,8H,4,7H2,1-3H3,(H,13,14,15). The Morgan fingerprint density at radius 2 is 2.19 bits per heavy atom. The first kappa shape index (κ1) is 11.3. The first-order chi connectivity index (χ1) is 7.62. The summed E-state index contributed by atoms with van der Waals surface area (Å²) in [5.74, 6) is 0.952. The molecular formula is C12H17N3S. The third-order valence-corrected chi connectivity index (χ3v) is 3.77. The second-order valence-electron chi connectivity index (χ2n) is 4.73. The van der Waals surface area contributed by atoms with Crippen molar-refractivity contribution in [3.05, 3.63) is 17.8 Å². The molecule has 2 rings (SSSR count). The van der Waals surface area contributed by atoms with Crippen LogP contribution in [0.4, 0.5) is 5.82 Å². The average molecular weight is 235 g/mol. The molecule has 0 aliphatic rings. The summed E-state index contributed by atoms with van der Waals surface area (Å²) >= 11 is 1.65. The molecule has 2 aromatic rings. The number of fused-ring (bicyclic) bond motifs is 1. The number of hydrogen-bond acceptors (Lipinski definition) is 4. The Labute approximate surface area is 99.9 Å². The van der Waals surface area contributed by atoms with Crippen LogP contribution in [-0.2, 0) is 0 Å². The van der Waals surface area contributed by atoms with Crippen molar-refractivity contribution >= 4 is 27.4 Å². The number of anilines is 1. The third kappa shape index (κ3) is 2.32. The predicted molar refractivity (Wildman–Crippen MR) is 70.0 cm³/mol. The molecule has 3 nitrogen and oxygen atoms in total. The molecule has 0 spiro atoms. The Morgan fingerprint density at radius 1 is 1.38 bits per heavy atom. The maximum Gasteiger partial charge on any atom is 0.138 e. The van der Waals surface area contributed by atoms with Gasteiger partial charge in [0.1, 0.15) is 17.0 Å². The van der Waals surface area contributed by atoms with Gasteiger partial charge in [-0.25, -0.2) is 9.97 Å². The van der Waals surface area contributed by atoms with Crippen molar-refractivity contribution in [3.8, 4) is 0 Å². The molecule has 0 saturated carbocycles. The van der Waals surface area contributed by atoms with E-state index in [1.807, 2.05) is 0 Å². The molecule has 2 heterocycles. The highest BCUT2D eigenvalue weighted by Gasteiger charge is 2.15. The zero-order valence-electron chi connectivity index (χ0n) is 9.95. The highest BCUT2D eigenvalue weighted by molar-refractivity contribution is 7.16. The molecule has 0 fully saturated rings. The Balaban J connectivity index is 2.18. The van der Waals surface area contributed by atoms with Crippen LogP contribution in [0.25, 0.3) is 10.2 Å². The van der Waals surface area contributed by atoms with E-state index in [-0.39, 0.29) is 0 Å². The van der Waals surface area contributed by atoms with Crippen molar-refractivity contribution in [1.29, 1.82) is 0 Å². The van der Waals surface area contributed by atoms with E-state index in [1.54, 1.807) is 17.7 Å². The Kier molecular flexibility index (Phi) is 3.10. The summed E-state index contributed by atoms with van der Waals surface area (Å²) in [6, 6.07) is 2.07. The zero-order chi connectivity index (χ0) is 11.6. The summed E-state index contributed by atoms with van der Waals surface area (Å²) in [7, 11) is 0. The van der Waals surface area contributed by atoms with Gasteiger partial charge in [-0.3, -0.25) is 0 Å². The van der Waals surface area contributed by atoms with Crippen LogP contribution in [0.5, 0.6) is 0 Å². The number of nitrogens with one attached hydrogen (secondary N) is 1. The second-order valence-corrected chi connectivity index (χ2v) is 5.63. The monoisotopic (exact) mass is 235 g/mol. The molecular weight excluding hydrogens is 218 g/mol. The van der Waals surface area contributed by atoms with Crippen LogP contribution in [0.2, 0.25) is 0 Å². The second kappa shape index (κ2) is 4.37. The van der Waals surface area contributed by atoms with Crippen LogP contribution in [-0.4, -0.2) is 16.5 Å². The molecule has 0 aromatic carbocycles. The van der Waals surface area contributed by atoms with E-state index < -0.39 is 0 Å². The minimum absolute atomic E-state index is 0.299. The van der Waals surface area contributed by atoms with Gasteiger partial charge in [-0.05, 0) is 23.3 Å². The highest BCUT2D eigenvalue weighted by Crippen LogP contribution is 2.26. The quantitative estimate of drug-likeness (QED) is 0.880. The lowest BCUT2D eigenvalue weighted by atomic mass is 9.90. The van der Waals surface area contributed by atoms with Crippen LogP contribution in [0.1, 0.15) is 27.2 Å². The van der Waals surface area contributed by atoms with Gasteiger partial charge < -0.3 is 5.32 Å². The van der Waals surface area contributed by atoms with Gasteiger partial charge in [-0.1, -0.05) is 20.8 Å². The first-order valence-electron chi connectivity index (χ1n) is 5.54. The number of nitrogens with zero attached hydrogens (tertiary/aromatic N) is 2. The van der Waals surface area contributed by atoms with Crippen molar-refractivity contribution in [3.63, 3.8) is 0 Å². The topological polar surface area (TPSA) is 37.8 Å². The first-order valence-corrected chi connectivity index (χ1v) is 6.42. The van der Waals surface area contributed by atoms with E-state index in [0.29, 0.717) is 5.41 Å². The Morgan fingerprint density at radius 3 is 2.94 bits per heavy atom. The van der Waals surface area contributed by atoms with Crippen LogP contribution < -0.4 is 5.32 Å². The Hall–Kier alpha value is -1.16. The summed E-state index contributed by atoms with van der Waals surface area (Å²) < 4.78 is 0. The van der Waals surface area contributed by atoms with Crippen molar-refractivity contribution in [2.75, 3.05) is 11.9 Å². The van der Waals surface area contributed by atoms with Crippen molar-refractivity contribution in [2.45, 2.75) is 27.2 Å². The summed E-state index contributed by atoms with van der Waals surface area (Å²) in [5.41, 5.74) is 0.299. The number of thiophene rings is 1. The number of rotatable bonds is 4. The van der Waals surface area contributed by atoms with Crippen molar-refractivity contribution in [1.82, 2.24) is 9.97 Å². The maximum absolute atomic E-state index is 4.30. The van der Waals surface area contributed by atoms with Gasteiger partial charge in [-0.2, -0.15) is 0 Å². The minimum Gasteiger partial charge on any atom is -0.369 e. The lowest BCUT2D eigenvalue weighted by Gasteiger charge is -2.23. The fraction of sp³-hybridized carbons (Fsp3) is 0.500. The molecule has 0 aliphatic carbocycles. The van der Waals surface area contributed by atoms with E-state index in [1.165, 1.54) is 0 Å². The fourth-order valence-electron chi connectivity index (χ4n) is 1.38. The van der Waals surface area contributed by atoms with E-state index in [9.17, 15) is 0 Å². The maximum atomic E-state index is 4.30. The SMILES string of the molecule is CCC(C)(C)CNc1ncnc2sccc12. The van der Waals surface area contributed by atoms with Gasteiger partial charge in [0.05, 0.1) is 5.39 Å². The minimum atomic E-state index is 0.299. The fourth-order valence-corrected chi connectivity index (χ4v) is 2.11. The van der Waals surface area contributed by atoms with Crippen LogP contribution >= 0.6 is 11.3 Å². The molecule has 0 radical (unpaired) electrons. The highest BCUT2D eigenvalue weighted by atomic mass is 32.1. The summed E-state index contributed by atoms with van der Waals surface area (Å²) in [6.45, 7) is 7.66. The van der Waals surface area contributed by atoms with E-state index in [4.69, 9.17) is 0 Å². The van der Waals surface area contributed by atoms with Crippen molar-refractivity contribution < 1.29 is 0 Å². The average Bonchev–Trinajstić information content (AvgIpc) is 2.75. The summed E-state index contributed by atoms with van der Waals surface area (Å²) in [4.78, 5) is 9.58. The molecule has 0 atom stereocenters. The smallest absolute Gasteiger partial charge is 0.138 e. The van der Waals surface area contributed by atoms with Gasteiger partial charge in [-0.15, -0.1) is 11.3 Å². The molecule has 0 bridgehead atoms. The van der Waals surface area contributed by atoms with Gasteiger partial charge in [0, 0.05) is 6.54 Å². The van der Waals surface area contributed by atoms with Gasteiger partial charge in [0.25, 0.3) is 0 Å². The van der Waals surface area contributed by atoms with Crippen LogP contribution in [0, 0.1) is 5.41 Å². The molecule has 0 amide bonds. The van der Waals surface area contributed by atoms with Crippen LogP contribution in [0.15, 0.2) is 17.8 Å². The van der Waals surface area contributed by atoms with Gasteiger partial charge in [0.2, 0.25) is 0 Å². The number of hydrogen-bond donors (Lipinski definition) is 1. The molecule has 1 N–H and O–H groups in total. The lowest BCUT2D eigenvalue weighted by molar-refractivity contribution is 0.376. The predicted octanol–water partition coefficient (Wildman–Crippen LogP) is 3.54. The van der Waals surface area contributed by atoms with E-state index >= 15 is 0 Å². The normalized spacial score (nSPS) is 11.9. The van der Waals surface area contributed by atoms with Crippen molar-refractivity contribution in [2.24, 2.45) is 5.41 Å². The number of aromatic nitrogens is 2. The largest absolute Gasteiger partial charge is 0.369 e. The Bertz CT molecular complexity index is 476. The van der Waals surface area contributed by atoms with Crippen LogP contribution in [0.3, 0.4) is 0 Å². The van der Waals surface area contributed by atoms with Gasteiger partial charge >= 0.3 is 0 Å². The molecule has 0 unspecified atom stereocenters.